The van der Waals surface area contributed by atoms with Crippen molar-refractivity contribution >= 4 is 38.7 Å². The molecule has 0 amide bonds. The molecule has 0 fully saturated rings. The molecule has 0 spiro atoms. The molecule has 0 aliphatic heterocycles. The van der Waals surface area contributed by atoms with E-state index in [2.05, 4.69) is 50.5 Å². The van der Waals surface area contributed by atoms with Gasteiger partial charge in [-0.1, -0.05) is 18.2 Å². The summed E-state index contributed by atoms with van der Waals surface area (Å²) >= 11 is 3.46. The Hall–Kier alpha value is -1.65. The lowest BCUT2D eigenvalue weighted by molar-refractivity contribution is 1.29. The molecular weight excluding hydrogens is 248 g/mol. The van der Waals surface area contributed by atoms with Crippen molar-refractivity contribution in [1.29, 1.82) is 0 Å². The largest absolute Gasteiger partial charge is 0.282 e. The maximum absolute atomic E-state index is 4.63. The third kappa shape index (κ3) is 1.28. The fraction of sp³-hybridized carbons (Fsp3) is 0. The molecule has 0 unspecified atom stereocenters. The zero-order valence-electron chi connectivity index (χ0n) is 8.83. The number of hydrogen-bond donors (Lipinski definition) is 0. The zero-order chi connectivity index (χ0) is 11.2. The minimum atomic E-state index is 1.06. The molecule has 17 heavy (non-hydrogen) atoms. The Bertz CT molecular complexity index is 793. The van der Waals surface area contributed by atoms with Crippen LogP contribution in [-0.4, -0.2) is 9.38 Å². The van der Waals surface area contributed by atoms with E-state index in [-0.39, 0.29) is 0 Å². The molecule has 0 N–H and O–H groups in total. The van der Waals surface area contributed by atoms with E-state index >= 15 is 0 Å². The molecule has 4 heteroatoms. The highest BCUT2D eigenvalue weighted by atomic mass is 32.1. The van der Waals surface area contributed by atoms with E-state index in [1.807, 2.05) is 6.07 Å². The van der Waals surface area contributed by atoms with Gasteiger partial charge in [-0.3, -0.25) is 4.40 Å². The van der Waals surface area contributed by atoms with Crippen LogP contribution in [0, 0.1) is 0 Å². The van der Waals surface area contributed by atoms with Crippen LogP contribution < -0.4 is 0 Å². The lowest BCUT2D eigenvalue weighted by Gasteiger charge is -1.96. The lowest BCUT2D eigenvalue weighted by Crippen LogP contribution is -1.82. The number of imidazole rings is 1. The van der Waals surface area contributed by atoms with Gasteiger partial charge in [-0.15, -0.1) is 22.7 Å². The Kier molecular flexibility index (Phi) is 1.89. The Labute approximate surface area is 106 Å². The van der Waals surface area contributed by atoms with Crippen molar-refractivity contribution < 1.29 is 0 Å². The molecule has 0 bridgehead atoms. The first-order chi connectivity index (χ1) is 8.43. The highest BCUT2D eigenvalue weighted by molar-refractivity contribution is 7.17. The summed E-state index contributed by atoms with van der Waals surface area (Å²) < 4.78 is 2.24. The normalized spacial score (nSPS) is 11.5. The molecule has 4 rings (SSSR count). The van der Waals surface area contributed by atoms with Crippen LogP contribution in [0.25, 0.3) is 26.6 Å². The number of nitrogens with zero attached hydrogens (tertiary/aromatic N) is 2. The van der Waals surface area contributed by atoms with Gasteiger partial charge in [-0.2, -0.15) is 0 Å². The maximum atomic E-state index is 4.63. The van der Waals surface area contributed by atoms with Gasteiger partial charge in [0, 0.05) is 5.38 Å². The standard InChI is InChI=1S/C13H8N2S2/c1-2-5-10-9(4-1)14-13-15(10)11(8-17-13)12-6-3-7-16-12/h1-8H. The van der Waals surface area contributed by atoms with Gasteiger partial charge in [0.2, 0.25) is 0 Å². The van der Waals surface area contributed by atoms with E-state index in [4.69, 9.17) is 0 Å². The number of aromatic nitrogens is 2. The van der Waals surface area contributed by atoms with E-state index in [9.17, 15) is 0 Å². The quantitative estimate of drug-likeness (QED) is 0.497. The number of hydrogen-bond acceptors (Lipinski definition) is 3. The van der Waals surface area contributed by atoms with Crippen LogP contribution in [0.1, 0.15) is 0 Å². The van der Waals surface area contributed by atoms with Crippen molar-refractivity contribution in [1.82, 2.24) is 9.38 Å². The molecule has 0 radical (unpaired) electrons. The summed E-state index contributed by atoms with van der Waals surface area (Å²) in [6.45, 7) is 0. The summed E-state index contributed by atoms with van der Waals surface area (Å²) in [5.41, 5.74) is 3.50. The first-order valence-electron chi connectivity index (χ1n) is 5.32. The molecular formula is C13H8N2S2. The Balaban J connectivity index is 2.17. The second-order valence-electron chi connectivity index (χ2n) is 3.82. The Morgan fingerprint density at radius 3 is 2.82 bits per heavy atom. The van der Waals surface area contributed by atoms with E-state index in [1.54, 1.807) is 22.7 Å². The number of thiophene rings is 1. The van der Waals surface area contributed by atoms with Gasteiger partial charge in [0.25, 0.3) is 0 Å². The second kappa shape index (κ2) is 3.42. The molecule has 1 aromatic carbocycles. The van der Waals surface area contributed by atoms with E-state index in [0.29, 0.717) is 0 Å². The number of benzene rings is 1. The summed E-state index contributed by atoms with van der Waals surface area (Å²) in [7, 11) is 0. The van der Waals surface area contributed by atoms with Gasteiger partial charge in [0.1, 0.15) is 0 Å². The molecule has 0 aliphatic rings. The van der Waals surface area contributed by atoms with Crippen molar-refractivity contribution in [3.63, 3.8) is 0 Å². The van der Waals surface area contributed by atoms with Gasteiger partial charge in [0.15, 0.2) is 4.96 Å². The fourth-order valence-corrected chi connectivity index (χ4v) is 3.78. The van der Waals surface area contributed by atoms with Gasteiger partial charge in [-0.25, -0.2) is 4.98 Å². The SMILES string of the molecule is c1csc(-c2csc3nc4ccccc4n23)c1. The van der Waals surface area contributed by atoms with E-state index in [0.717, 1.165) is 10.5 Å². The fourth-order valence-electron chi connectivity index (χ4n) is 2.07. The van der Waals surface area contributed by atoms with Crippen LogP contribution in [0.5, 0.6) is 0 Å². The second-order valence-corrected chi connectivity index (χ2v) is 5.60. The first kappa shape index (κ1) is 9.39. The maximum Gasteiger partial charge on any atom is 0.195 e. The molecule has 3 heterocycles. The zero-order valence-corrected chi connectivity index (χ0v) is 10.5. The Morgan fingerprint density at radius 2 is 1.94 bits per heavy atom. The monoisotopic (exact) mass is 256 g/mol. The molecule has 0 saturated heterocycles. The van der Waals surface area contributed by atoms with Crippen molar-refractivity contribution in [2.75, 3.05) is 0 Å². The number of fused-ring (bicyclic) bond motifs is 3. The average Bonchev–Trinajstić information content (AvgIpc) is 3.04. The third-order valence-corrected chi connectivity index (χ3v) is 4.54. The number of rotatable bonds is 1. The molecule has 0 aliphatic carbocycles. The van der Waals surface area contributed by atoms with Crippen molar-refractivity contribution in [2.45, 2.75) is 0 Å². The summed E-state index contributed by atoms with van der Waals surface area (Å²) in [4.78, 5) is 6.99. The number of para-hydroxylation sites is 2. The molecule has 4 aromatic rings. The van der Waals surface area contributed by atoms with Crippen LogP contribution in [0.3, 0.4) is 0 Å². The van der Waals surface area contributed by atoms with Gasteiger partial charge in [-0.05, 0) is 23.6 Å². The highest BCUT2D eigenvalue weighted by Gasteiger charge is 2.11. The van der Waals surface area contributed by atoms with E-state index in [1.165, 1.54) is 16.1 Å². The summed E-state index contributed by atoms with van der Waals surface area (Å²) in [5.74, 6) is 0. The number of thiazole rings is 1. The van der Waals surface area contributed by atoms with E-state index < -0.39 is 0 Å². The van der Waals surface area contributed by atoms with Gasteiger partial charge in [0.05, 0.1) is 21.6 Å². The minimum Gasteiger partial charge on any atom is -0.282 e. The predicted octanol–water partition coefficient (Wildman–Crippen LogP) is 4.28. The molecule has 82 valence electrons. The lowest BCUT2D eigenvalue weighted by atomic mass is 10.3. The van der Waals surface area contributed by atoms with Crippen LogP contribution in [-0.2, 0) is 0 Å². The van der Waals surface area contributed by atoms with Crippen LogP contribution in [0.2, 0.25) is 0 Å². The predicted molar refractivity (Wildman–Crippen MR) is 73.9 cm³/mol. The first-order valence-corrected chi connectivity index (χ1v) is 7.08. The van der Waals surface area contributed by atoms with Gasteiger partial charge < -0.3 is 0 Å². The van der Waals surface area contributed by atoms with Crippen molar-refractivity contribution in [3.05, 3.63) is 47.2 Å². The molecule has 2 nitrogen and oxygen atoms in total. The van der Waals surface area contributed by atoms with Crippen LogP contribution in [0.4, 0.5) is 0 Å². The summed E-state index contributed by atoms with van der Waals surface area (Å²) in [6, 6.07) is 12.5. The topological polar surface area (TPSA) is 17.3 Å². The minimum absolute atomic E-state index is 1.06. The van der Waals surface area contributed by atoms with Crippen LogP contribution in [0.15, 0.2) is 47.2 Å². The smallest absolute Gasteiger partial charge is 0.195 e. The average molecular weight is 256 g/mol. The Morgan fingerprint density at radius 1 is 1.00 bits per heavy atom. The van der Waals surface area contributed by atoms with Crippen molar-refractivity contribution in [2.24, 2.45) is 0 Å². The van der Waals surface area contributed by atoms with Crippen molar-refractivity contribution in [3.8, 4) is 10.6 Å². The van der Waals surface area contributed by atoms with Crippen LogP contribution >= 0.6 is 22.7 Å². The van der Waals surface area contributed by atoms with Gasteiger partial charge >= 0.3 is 0 Å². The summed E-state index contributed by atoms with van der Waals surface area (Å²) in [6.07, 6.45) is 0. The third-order valence-electron chi connectivity index (χ3n) is 2.82. The molecule has 0 atom stereocenters. The summed E-state index contributed by atoms with van der Waals surface area (Å²) in [5, 5.41) is 4.29. The molecule has 0 saturated carbocycles. The highest BCUT2D eigenvalue weighted by Crippen LogP contribution is 2.32. The molecule has 3 aromatic heterocycles.